The number of rotatable bonds is 6. The molecule has 0 radical (unpaired) electrons. The topological polar surface area (TPSA) is 149 Å². The molecular formula is C41H49F2N3O8S. The first-order valence-corrected chi connectivity index (χ1v) is 21.2. The molecule has 3 aliphatic heterocycles. The lowest BCUT2D eigenvalue weighted by Crippen LogP contribution is -2.48. The molecule has 3 aliphatic carbocycles. The van der Waals surface area contributed by atoms with Gasteiger partial charge in [0.2, 0.25) is 21.8 Å². The Morgan fingerprint density at radius 1 is 1.04 bits per heavy atom. The van der Waals surface area contributed by atoms with Crippen molar-refractivity contribution in [3.8, 4) is 5.75 Å². The van der Waals surface area contributed by atoms with Crippen LogP contribution in [0.3, 0.4) is 0 Å². The van der Waals surface area contributed by atoms with Crippen molar-refractivity contribution in [3.63, 3.8) is 0 Å². The zero-order valence-electron chi connectivity index (χ0n) is 31.7. The van der Waals surface area contributed by atoms with E-state index >= 15 is 0 Å². The molecule has 1 aromatic heterocycles. The van der Waals surface area contributed by atoms with E-state index in [1.165, 1.54) is 4.90 Å². The van der Waals surface area contributed by atoms with Gasteiger partial charge < -0.3 is 14.4 Å². The Morgan fingerprint density at radius 3 is 2.51 bits per heavy atom. The van der Waals surface area contributed by atoms with Crippen LogP contribution in [0.2, 0.25) is 0 Å². The summed E-state index contributed by atoms with van der Waals surface area (Å²) in [4.78, 5) is 62.7. The SMILES string of the molecule is Cc1nc2cc(F)c(F)cc2c2c1O[C@]1(CC2)C[C@H]2C(=O)C[C@]3(C(=O)NS(=O)(=O)C4(C)CC4)C[C@H]3/C=C\CCCCC[C@H](CC(=O)OC3(C)CC3)C(=O)N2C1. The molecule has 5 atom stereocenters. The second-order valence-electron chi connectivity index (χ2n) is 17.6. The Kier molecular flexibility index (Phi) is 9.20. The van der Waals surface area contributed by atoms with Crippen molar-refractivity contribution in [2.75, 3.05) is 6.54 Å². The fourth-order valence-electron chi connectivity index (χ4n) is 8.95. The van der Waals surface area contributed by atoms with E-state index in [2.05, 4.69) is 9.71 Å². The minimum Gasteiger partial charge on any atom is -0.483 e. The van der Waals surface area contributed by atoms with Crippen molar-refractivity contribution in [2.45, 2.75) is 139 Å². The summed E-state index contributed by atoms with van der Waals surface area (Å²) in [5.74, 6) is -4.62. The molecule has 1 saturated heterocycles. The number of amides is 2. The first-order chi connectivity index (χ1) is 26.0. The molecule has 4 heterocycles. The van der Waals surface area contributed by atoms with Crippen molar-refractivity contribution in [1.29, 1.82) is 0 Å². The summed E-state index contributed by atoms with van der Waals surface area (Å²) in [5, 5.41) is 0.424. The number of fused-ring (bicyclic) bond motifs is 5. The third-order valence-corrected chi connectivity index (χ3v) is 15.4. The van der Waals surface area contributed by atoms with Gasteiger partial charge >= 0.3 is 5.97 Å². The number of ether oxygens (including phenoxy) is 2. The van der Waals surface area contributed by atoms with Crippen LogP contribution in [0.25, 0.3) is 10.9 Å². The number of aryl methyl sites for hydroxylation is 2. The summed E-state index contributed by atoms with van der Waals surface area (Å²) in [6, 6.07) is 1.15. The smallest absolute Gasteiger partial charge is 0.307 e. The molecule has 4 fully saturated rings. The largest absolute Gasteiger partial charge is 0.483 e. The number of ketones is 1. The first-order valence-electron chi connectivity index (χ1n) is 19.7. The average Bonchev–Trinajstić information content (AvgIpc) is 4.08. The molecule has 0 bridgehead atoms. The highest BCUT2D eigenvalue weighted by Gasteiger charge is 2.63. The highest BCUT2D eigenvalue weighted by molar-refractivity contribution is 7.91. The van der Waals surface area contributed by atoms with E-state index in [1.54, 1.807) is 13.8 Å². The third kappa shape index (κ3) is 7.05. The molecule has 6 aliphatic rings. The highest BCUT2D eigenvalue weighted by atomic mass is 32.2. The van der Waals surface area contributed by atoms with Gasteiger partial charge in [0, 0.05) is 35.8 Å². The highest BCUT2D eigenvalue weighted by Crippen LogP contribution is 2.58. The van der Waals surface area contributed by atoms with Crippen molar-refractivity contribution in [3.05, 3.63) is 47.2 Å². The lowest BCUT2D eigenvalue weighted by molar-refractivity contribution is -0.155. The van der Waals surface area contributed by atoms with E-state index < -0.39 is 66.9 Å². The number of allylic oxidation sites excluding steroid dienone is 2. The van der Waals surface area contributed by atoms with Crippen LogP contribution in [0.15, 0.2) is 24.3 Å². The third-order valence-electron chi connectivity index (χ3n) is 13.2. The van der Waals surface area contributed by atoms with Crippen LogP contribution in [0.4, 0.5) is 8.78 Å². The summed E-state index contributed by atoms with van der Waals surface area (Å²) in [6.07, 6.45) is 10.5. The molecule has 14 heteroatoms. The normalized spacial score (nSPS) is 31.6. The maximum Gasteiger partial charge on any atom is 0.307 e. The molecule has 1 N–H and O–H groups in total. The van der Waals surface area contributed by atoms with Gasteiger partial charge in [-0.2, -0.15) is 0 Å². The van der Waals surface area contributed by atoms with Gasteiger partial charge in [0.05, 0.1) is 40.4 Å². The Morgan fingerprint density at radius 2 is 1.78 bits per heavy atom. The van der Waals surface area contributed by atoms with Crippen LogP contribution < -0.4 is 9.46 Å². The Hall–Kier alpha value is -3.94. The van der Waals surface area contributed by atoms with Gasteiger partial charge in [0.15, 0.2) is 17.4 Å². The molecule has 3 saturated carbocycles. The quantitative estimate of drug-likeness (QED) is 0.272. The number of halogens is 2. The van der Waals surface area contributed by atoms with Crippen molar-refractivity contribution in [1.82, 2.24) is 14.6 Å². The van der Waals surface area contributed by atoms with Crippen LogP contribution >= 0.6 is 0 Å². The van der Waals surface area contributed by atoms with E-state index in [-0.39, 0.29) is 43.4 Å². The number of aromatic nitrogens is 1. The lowest BCUT2D eigenvalue weighted by atomic mass is 9.85. The molecule has 1 aromatic carbocycles. The number of nitrogens with one attached hydrogen (secondary N) is 1. The van der Waals surface area contributed by atoms with E-state index in [0.717, 1.165) is 44.2 Å². The zero-order valence-corrected chi connectivity index (χ0v) is 32.5. The molecule has 55 heavy (non-hydrogen) atoms. The number of esters is 1. The second kappa shape index (κ2) is 13.3. The fraction of sp³-hybridized carbons (Fsp3) is 0.634. The molecule has 296 valence electrons. The standard InChI is InChI=1S/C41H49F2N3O8S/c1-24-35-27(28-18-29(42)30(43)19-31(28)44-24)11-12-40(54-35)21-32-33(47)22-41(37(50)45-55(51,52)39(3)15-16-39)20-26(41)10-8-6-4-5-7-9-25(36(49)46(32)23-40)17-34(48)53-38(2)13-14-38/h8,10,18-19,25-26,32H,4-7,9,11-17,20-23H2,1-3H3,(H,45,50)/b10-8-/t25-,26-,32+,40-,41-/m1/s1. The van der Waals surface area contributed by atoms with Gasteiger partial charge in [-0.3, -0.25) is 23.9 Å². The summed E-state index contributed by atoms with van der Waals surface area (Å²) in [6.45, 7) is 5.20. The Bertz CT molecular complexity index is 2130. The second-order valence-corrected chi connectivity index (χ2v) is 19.8. The number of pyridine rings is 1. The zero-order chi connectivity index (χ0) is 39.1. The average molecular weight is 782 g/mol. The summed E-state index contributed by atoms with van der Waals surface area (Å²) >= 11 is 0. The molecule has 2 aromatic rings. The number of Topliss-reactive ketones (excluding diaryl/α,β-unsaturated/α-hetero) is 1. The number of carbonyl (C=O) groups excluding carboxylic acids is 4. The maximum absolute atomic E-state index is 14.8. The number of carbonyl (C=O) groups is 4. The predicted octanol–water partition coefficient (Wildman–Crippen LogP) is 6.07. The van der Waals surface area contributed by atoms with Gasteiger partial charge in [-0.15, -0.1) is 0 Å². The number of hydrogen-bond acceptors (Lipinski definition) is 9. The Labute approximate surface area is 320 Å². The summed E-state index contributed by atoms with van der Waals surface area (Å²) < 4.78 is 68.8. The minimum atomic E-state index is -3.97. The van der Waals surface area contributed by atoms with Crippen LogP contribution in [-0.2, 0) is 40.4 Å². The van der Waals surface area contributed by atoms with Crippen LogP contribution in [-0.4, -0.2) is 70.4 Å². The summed E-state index contributed by atoms with van der Waals surface area (Å²) in [5.41, 5.74) is -1.45. The van der Waals surface area contributed by atoms with Crippen molar-refractivity contribution >= 4 is 44.5 Å². The van der Waals surface area contributed by atoms with Crippen LogP contribution in [0, 0.1) is 35.8 Å². The molecule has 1 spiro atoms. The fourth-order valence-corrected chi connectivity index (χ4v) is 10.3. The summed E-state index contributed by atoms with van der Waals surface area (Å²) in [7, 11) is -3.97. The number of nitrogens with zero attached hydrogens (tertiary/aromatic N) is 2. The van der Waals surface area contributed by atoms with E-state index in [9.17, 15) is 36.4 Å². The van der Waals surface area contributed by atoms with Crippen molar-refractivity contribution in [2.24, 2.45) is 17.3 Å². The first kappa shape index (κ1) is 38.0. The number of hydrogen-bond donors (Lipinski definition) is 1. The number of sulfonamides is 1. The van der Waals surface area contributed by atoms with Gasteiger partial charge in [-0.25, -0.2) is 22.2 Å². The molecule has 11 nitrogen and oxygen atoms in total. The molecule has 8 rings (SSSR count). The van der Waals surface area contributed by atoms with E-state index in [1.807, 2.05) is 19.1 Å². The van der Waals surface area contributed by atoms with E-state index in [0.29, 0.717) is 72.9 Å². The number of benzene rings is 1. The van der Waals surface area contributed by atoms with E-state index in [4.69, 9.17) is 9.47 Å². The minimum absolute atomic E-state index is 0.0233. The monoisotopic (exact) mass is 781 g/mol. The Balaban J connectivity index is 1.13. The van der Waals surface area contributed by atoms with Gasteiger partial charge in [-0.05, 0) is 97.0 Å². The molecular weight excluding hydrogens is 733 g/mol. The molecule has 2 amide bonds. The van der Waals surface area contributed by atoms with Gasteiger partial charge in [0.1, 0.15) is 17.0 Å². The van der Waals surface area contributed by atoms with Crippen molar-refractivity contribution < 1.29 is 45.9 Å². The van der Waals surface area contributed by atoms with Crippen LogP contribution in [0.5, 0.6) is 5.75 Å². The maximum atomic E-state index is 14.8. The molecule has 0 unspecified atom stereocenters. The van der Waals surface area contributed by atoms with Gasteiger partial charge in [0.25, 0.3) is 0 Å². The van der Waals surface area contributed by atoms with Gasteiger partial charge in [-0.1, -0.05) is 25.0 Å². The lowest BCUT2D eigenvalue weighted by Gasteiger charge is -2.36. The van der Waals surface area contributed by atoms with Crippen LogP contribution in [0.1, 0.15) is 115 Å². The predicted molar refractivity (Wildman–Crippen MR) is 197 cm³/mol.